The van der Waals surface area contributed by atoms with Crippen LogP contribution in [0.15, 0.2) is 18.2 Å². The van der Waals surface area contributed by atoms with E-state index < -0.39 is 5.41 Å². The summed E-state index contributed by atoms with van der Waals surface area (Å²) in [7, 11) is 0. The maximum absolute atomic E-state index is 12.3. The van der Waals surface area contributed by atoms with Gasteiger partial charge < -0.3 is 14.6 Å². The fraction of sp³-hybridized carbons (Fsp3) is 0.500. The summed E-state index contributed by atoms with van der Waals surface area (Å²) in [6, 6.07) is 5.36. The molecule has 1 aromatic rings. The van der Waals surface area contributed by atoms with Gasteiger partial charge in [0.25, 0.3) is 0 Å². The second kappa shape index (κ2) is 5.08. The Kier molecular flexibility index (Phi) is 3.68. The minimum Gasteiger partial charge on any atom is -0.494 e. The molecule has 1 heterocycles. The highest BCUT2D eigenvalue weighted by Gasteiger charge is 2.45. The predicted molar refractivity (Wildman–Crippen MR) is 67.0 cm³/mol. The number of aliphatic hydroxyl groups is 1. The lowest BCUT2D eigenvalue weighted by Crippen LogP contribution is -2.51. The Morgan fingerprint density at radius 1 is 1.50 bits per heavy atom. The zero-order valence-electron chi connectivity index (χ0n) is 10.7. The van der Waals surface area contributed by atoms with E-state index in [4.69, 9.17) is 9.47 Å². The number of carbonyl (C=O) groups is 1. The van der Waals surface area contributed by atoms with Crippen molar-refractivity contribution in [2.24, 2.45) is 5.41 Å². The molecule has 1 saturated heterocycles. The van der Waals surface area contributed by atoms with Crippen molar-refractivity contribution in [1.29, 1.82) is 0 Å². The van der Waals surface area contributed by atoms with Gasteiger partial charge in [-0.3, -0.25) is 4.79 Å². The minimum atomic E-state index is -0.737. The number of ether oxygens (including phenoxy) is 2. The van der Waals surface area contributed by atoms with Gasteiger partial charge in [0.05, 0.1) is 26.4 Å². The third-order valence-corrected chi connectivity index (χ3v) is 3.28. The second-order valence-corrected chi connectivity index (χ2v) is 4.67. The lowest BCUT2D eigenvalue weighted by molar-refractivity contribution is -0.109. The van der Waals surface area contributed by atoms with E-state index in [1.807, 2.05) is 19.9 Å². The summed E-state index contributed by atoms with van der Waals surface area (Å²) in [6.07, 6.45) is 0. The molecule has 0 atom stereocenters. The van der Waals surface area contributed by atoms with Crippen molar-refractivity contribution < 1.29 is 19.4 Å². The van der Waals surface area contributed by atoms with Crippen LogP contribution in [0.3, 0.4) is 0 Å². The first-order valence-electron chi connectivity index (χ1n) is 6.10. The Labute approximate surface area is 107 Å². The molecule has 1 aliphatic rings. The maximum atomic E-state index is 12.3. The number of carbonyl (C=O) groups excluding carboxylic acids is 1. The summed E-state index contributed by atoms with van der Waals surface area (Å²) in [4.78, 5) is 12.3. The van der Waals surface area contributed by atoms with Crippen molar-refractivity contribution in [2.75, 3.05) is 26.4 Å². The van der Waals surface area contributed by atoms with E-state index in [1.54, 1.807) is 12.1 Å². The van der Waals surface area contributed by atoms with Crippen LogP contribution in [0.25, 0.3) is 0 Å². The van der Waals surface area contributed by atoms with Gasteiger partial charge in [0.2, 0.25) is 0 Å². The Balaban J connectivity index is 2.23. The fourth-order valence-corrected chi connectivity index (χ4v) is 2.06. The Bertz CT molecular complexity index is 444. The van der Waals surface area contributed by atoms with Crippen LogP contribution in [-0.2, 0) is 4.74 Å². The fourth-order valence-electron chi connectivity index (χ4n) is 2.06. The normalized spacial score (nSPS) is 17.1. The van der Waals surface area contributed by atoms with E-state index in [1.165, 1.54) is 0 Å². The summed E-state index contributed by atoms with van der Waals surface area (Å²) < 4.78 is 10.5. The highest BCUT2D eigenvalue weighted by Crippen LogP contribution is 2.32. The second-order valence-electron chi connectivity index (χ2n) is 4.67. The highest BCUT2D eigenvalue weighted by atomic mass is 16.5. The monoisotopic (exact) mass is 250 g/mol. The molecule has 0 amide bonds. The first-order valence-corrected chi connectivity index (χ1v) is 6.10. The number of rotatable bonds is 5. The predicted octanol–water partition coefficient (Wildman–Crippen LogP) is 1.59. The smallest absolute Gasteiger partial charge is 0.175 e. The maximum Gasteiger partial charge on any atom is 0.175 e. The average molecular weight is 250 g/mol. The molecule has 0 spiro atoms. The molecular formula is C14H18O4. The Morgan fingerprint density at radius 3 is 2.67 bits per heavy atom. The Hall–Kier alpha value is -1.39. The van der Waals surface area contributed by atoms with Crippen LogP contribution in [0.5, 0.6) is 5.75 Å². The summed E-state index contributed by atoms with van der Waals surface area (Å²) in [5.41, 5.74) is 0.795. The van der Waals surface area contributed by atoms with Gasteiger partial charge in [-0.2, -0.15) is 0 Å². The van der Waals surface area contributed by atoms with E-state index in [0.717, 1.165) is 11.3 Å². The average Bonchev–Trinajstić information content (AvgIpc) is 2.31. The molecule has 0 aliphatic carbocycles. The van der Waals surface area contributed by atoms with Crippen LogP contribution in [0.4, 0.5) is 0 Å². The number of Topliss-reactive ketones (excluding diaryl/α,β-unsaturated/α-hetero) is 1. The molecule has 2 rings (SSSR count). The van der Waals surface area contributed by atoms with Gasteiger partial charge in [-0.1, -0.05) is 0 Å². The van der Waals surface area contributed by atoms with Crippen LogP contribution >= 0.6 is 0 Å². The Morgan fingerprint density at radius 2 is 2.22 bits per heavy atom. The zero-order chi connectivity index (χ0) is 13.2. The zero-order valence-corrected chi connectivity index (χ0v) is 10.7. The van der Waals surface area contributed by atoms with Gasteiger partial charge in [0.15, 0.2) is 5.78 Å². The largest absolute Gasteiger partial charge is 0.494 e. The van der Waals surface area contributed by atoms with Crippen molar-refractivity contribution in [3.63, 3.8) is 0 Å². The molecule has 1 aliphatic heterocycles. The summed E-state index contributed by atoms with van der Waals surface area (Å²) in [5.74, 6) is 0.736. The lowest BCUT2D eigenvalue weighted by atomic mass is 9.79. The quantitative estimate of drug-likeness (QED) is 0.806. The standard InChI is InChI=1S/C14H18O4/c1-3-18-12-5-4-11(6-10(12)2)13(16)14(7-15)8-17-9-14/h4-6,15H,3,7-9H2,1-2H3. The molecule has 0 aromatic heterocycles. The summed E-state index contributed by atoms with van der Waals surface area (Å²) in [5, 5.41) is 9.35. The van der Waals surface area contributed by atoms with E-state index in [-0.39, 0.29) is 12.4 Å². The van der Waals surface area contributed by atoms with Crippen LogP contribution < -0.4 is 4.74 Å². The highest BCUT2D eigenvalue weighted by molar-refractivity contribution is 6.01. The van der Waals surface area contributed by atoms with Gasteiger partial charge in [0.1, 0.15) is 11.2 Å². The van der Waals surface area contributed by atoms with Crippen LogP contribution in [-0.4, -0.2) is 37.3 Å². The molecule has 0 radical (unpaired) electrons. The van der Waals surface area contributed by atoms with Crippen molar-refractivity contribution in [1.82, 2.24) is 0 Å². The number of aliphatic hydroxyl groups excluding tert-OH is 1. The molecule has 1 aromatic carbocycles. The topological polar surface area (TPSA) is 55.8 Å². The molecule has 1 N–H and O–H groups in total. The number of hydrogen-bond acceptors (Lipinski definition) is 4. The first kappa shape index (κ1) is 13.1. The molecule has 98 valence electrons. The van der Waals surface area contributed by atoms with Crippen molar-refractivity contribution >= 4 is 5.78 Å². The van der Waals surface area contributed by atoms with Gasteiger partial charge in [-0.25, -0.2) is 0 Å². The summed E-state index contributed by atoms with van der Waals surface area (Å²) >= 11 is 0. The minimum absolute atomic E-state index is 0.0533. The molecule has 1 fully saturated rings. The molecule has 4 nitrogen and oxygen atoms in total. The van der Waals surface area contributed by atoms with E-state index >= 15 is 0 Å². The molecular weight excluding hydrogens is 232 g/mol. The molecule has 0 unspecified atom stereocenters. The number of benzene rings is 1. The van der Waals surface area contributed by atoms with Crippen molar-refractivity contribution in [3.8, 4) is 5.75 Å². The first-order chi connectivity index (χ1) is 8.63. The van der Waals surface area contributed by atoms with E-state index in [2.05, 4.69) is 0 Å². The van der Waals surface area contributed by atoms with E-state index in [0.29, 0.717) is 25.4 Å². The van der Waals surface area contributed by atoms with Gasteiger partial charge in [-0.05, 0) is 37.6 Å². The van der Waals surface area contributed by atoms with Crippen LogP contribution in [0.2, 0.25) is 0 Å². The van der Waals surface area contributed by atoms with Crippen molar-refractivity contribution in [2.45, 2.75) is 13.8 Å². The van der Waals surface area contributed by atoms with E-state index in [9.17, 15) is 9.90 Å². The van der Waals surface area contributed by atoms with Gasteiger partial charge in [-0.15, -0.1) is 0 Å². The SMILES string of the molecule is CCOc1ccc(C(=O)C2(CO)COC2)cc1C. The van der Waals surface area contributed by atoms with Crippen LogP contribution in [0, 0.1) is 12.3 Å². The van der Waals surface area contributed by atoms with Gasteiger partial charge >= 0.3 is 0 Å². The van der Waals surface area contributed by atoms with Crippen molar-refractivity contribution in [3.05, 3.63) is 29.3 Å². The third kappa shape index (κ3) is 2.13. The lowest BCUT2D eigenvalue weighted by Gasteiger charge is -2.38. The molecule has 0 bridgehead atoms. The van der Waals surface area contributed by atoms with Crippen LogP contribution in [0.1, 0.15) is 22.8 Å². The molecule has 18 heavy (non-hydrogen) atoms. The summed E-state index contributed by atoms with van der Waals surface area (Å²) in [6.45, 7) is 4.86. The molecule has 4 heteroatoms. The third-order valence-electron chi connectivity index (χ3n) is 3.28. The number of aryl methyl sites for hydroxylation is 1. The number of hydrogen-bond donors (Lipinski definition) is 1. The number of ketones is 1. The molecule has 0 saturated carbocycles. The van der Waals surface area contributed by atoms with Gasteiger partial charge in [0, 0.05) is 5.56 Å².